The molecule has 0 spiro atoms. The van der Waals surface area contributed by atoms with Crippen LogP contribution in [0.5, 0.6) is 5.75 Å². The van der Waals surface area contributed by atoms with Crippen LogP contribution in [-0.4, -0.2) is 32.1 Å². The summed E-state index contributed by atoms with van der Waals surface area (Å²) in [6.45, 7) is 1.74. The van der Waals surface area contributed by atoms with Crippen LogP contribution in [0.4, 0.5) is 13.2 Å². The van der Waals surface area contributed by atoms with Gasteiger partial charge in [0.25, 0.3) is 11.8 Å². The summed E-state index contributed by atoms with van der Waals surface area (Å²) in [6.07, 6.45) is 3.24. The average molecular weight is 446 g/mol. The fraction of sp³-hybridized carbons (Fsp3) is 0.667. The number of hydrogen-bond acceptors (Lipinski definition) is 4. The number of ether oxygens (including phenoxy) is 1. The molecule has 3 saturated carbocycles. The van der Waals surface area contributed by atoms with Crippen LogP contribution in [0.2, 0.25) is 0 Å². The van der Waals surface area contributed by atoms with Crippen LogP contribution in [-0.2, 0) is 10.0 Å². The van der Waals surface area contributed by atoms with E-state index in [9.17, 15) is 26.4 Å². The van der Waals surface area contributed by atoms with Crippen LogP contribution in [0.25, 0.3) is 0 Å². The second-order valence-electron chi connectivity index (χ2n) is 8.93. The Morgan fingerprint density at radius 3 is 2.50 bits per heavy atom. The van der Waals surface area contributed by atoms with E-state index in [1.807, 2.05) is 4.72 Å². The number of carbonyl (C=O) groups is 1. The molecule has 1 N–H and O–H groups in total. The summed E-state index contributed by atoms with van der Waals surface area (Å²) in [5.74, 6) is -4.82. The van der Waals surface area contributed by atoms with Crippen LogP contribution >= 0.6 is 0 Å². The van der Waals surface area contributed by atoms with Crippen LogP contribution in [0.3, 0.4) is 0 Å². The molecular formula is C21H26F3NO4S. The van der Waals surface area contributed by atoms with Gasteiger partial charge in [-0.15, -0.1) is 0 Å². The molecule has 1 aromatic rings. The molecule has 0 aromatic heterocycles. The average Bonchev–Trinajstić information content (AvgIpc) is 3.54. The number of sulfonamides is 1. The Morgan fingerprint density at radius 1 is 1.20 bits per heavy atom. The standard InChI is InChI=1S/C21H26F3NO4S/c1-12-8-13(6-7-21(12,23)24)11-29-19-10-18(22)17(9-16(19)14-2-3-14)20(26)25-30(27,28)15-4-5-15/h9-10,12-15H,2-8,11H2,1H3,(H,25,26). The van der Waals surface area contributed by atoms with Gasteiger partial charge in [0.15, 0.2) is 0 Å². The van der Waals surface area contributed by atoms with Gasteiger partial charge in [0, 0.05) is 18.4 Å². The Balaban J connectivity index is 1.48. The molecule has 30 heavy (non-hydrogen) atoms. The van der Waals surface area contributed by atoms with Gasteiger partial charge in [-0.05, 0) is 62.0 Å². The van der Waals surface area contributed by atoms with E-state index in [0.717, 1.165) is 18.9 Å². The van der Waals surface area contributed by atoms with Crippen molar-refractivity contribution in [2.24, 2.45) is 11.8 Å². The third-order valence-electron chi connectivity index (χ3n) is 6.33. The molecule has 3 aliphatic rings. The fourth-order valence-electron chi connectivity index (χ4n) is 4.02. The van der Waals surface area contributed by atoms with E-state index in [4.69, 9.17) is 4.74 Å². The molecule has 0 radical (unpaired) electrons. The third-order valence-corrected chi connectivity index (χ3v) is 8.15. The maximum absolute atomic E-state index is 14.7. The Morgan fingerprint density at radius 2 is 1.90 bits per heavy atom. The van der Waals surface area contributed by atoms with Crippen molar-refractivity contribution in [3.63, 3.8) is 0 Å². The lowest BCUT2D eigenvalue weighted by molar-refractivity contribution is -0.0941. The highest BCUT2D eigenvalue weighted by atomic mass is 32.2. The largest absolute Gasteiger partial charge is 0.493 e. The Labute approximate surface area is 174 Å². The van der Waals surface area contributed by atoms with E-state index in [1.165, 1.54) is 13.0 Å². The Hall–Kier alpha value is -1.77. The first-order valence-electron chi connectivity index (χ1n) is 10.5. The molecule has 9 heteroatoms. The Kier molecular flexibility index (Phi) is 5.53. The normalized spacial score (nSPS) is 26.3. The van der Waals surface area contributed by atoms with Gasteiger partial charge in [0.1, 0.15) is 11.6 Å². The smallest absolute Gasteiger partial charge is 0.267 e. The van der Waals surface area contributed by atoms with E-state index in [-0.39, 0.29) is 30.4 Å². The fourth-order valence-corrected chi connectivity index (χ4v) is 5.31. The van der Waals surface area contributed by atoms with Crippen molar-refractivity contribution in [1.29, 1.82) is 0 Å². The van der Waals surface area contributed by atoms with E-state index in [1.54, 1.807) is 0 Å². The van der Waals surface area contributed by atoms with Gasteiger partial charge in [-0.1, -0.05) is 6.92 Å². The molecule has 2 unspecified atom stereocenters. The molecule has 2 atom stereocenters. The maximum atomic E-state index is 14.7. The number of hydrogen-bond donors (Lipinski definition) is 1. The van der Waals surface area contributed by atoms with E-state index in [2.05, 4.69) is 0 Å². The first kappa shape index (κ1) is 21.5. The monoisotopic (exact) mass is 445 g/mol. The summed E-state index contributed by atoms with van der Waals surface area (Å²) in [5, 5.41) is -0.583. The molecule has 5 nitrogen and oxygen atoms in total. The van der Waals surface area contributed by atoms with Crippen LogP contribution < -0.4 is 9.46 Å². The zero-order valence-corrected chi connectivity index (χ0v) is 17.6. The van der Waals surface area contributed by atoms with Gasteiger partial charge in [-0.2, -0.15) is 0 Å². The minimum atomic E-state index is -3.78. The van der Waals surface area contributed by atoms with E-state index >= 15 is 0 Å². The summed E-state index contributed by atoms with van der Waals surface area (Å²) in [7, 11) is -3.78. The number of rotatable bonds is 7. The number of halogens is 3. The second kappa shape index (κ2) is 7.73. The predicted octanol–water partition coefficient (Wildman–Crippen LogP) is 4.38. The number of carbonyl (C=O) groups excluding carboxylic acids is 1. The van der Waals surface area contributed by atoms with Gasteiger partial charge in [-0.25, -0.2) is 26.3 Å². The summed E-state index contributed by atoms with van der Waals surface area (Å²) < 4.78 is 73.8. The first-order chi connectivity index (χ1) is 14.1. The van der Waals surface area contributed by atoms with Crippen LogP contribution in [0, 0.1) is 17.7 Å². The van der Waals surface area contributed by atoms with Gasteiger partial charge in [0.05, 0.1) is 17.4 Å². The van der Waals surface area contributed by atoms with Gasteiger partial charge >= 0.3 is 0 Å². The molecule has 0 aliphatic heterocycles. The maximum Gasteiger partial charge on any atom is 0.267 e. The number of amides is 1. The zero-order valence-electron chi connectivity index (χ0n) is 16.8. The minimum Gasteiger partial charge on any atom is -0.493 e. The molecule has 4 rings (SSSR count). The topological polar surface area (TPSA) is 72.5 Å². The highest BCUT2D eigenvalue weighted by Crippen LogP contribution is 2.46. The quantitative estimate of drug-likeness (QED) is 0.676. The summed E-state index contributed by atoms with van der Waals surface area (Å²) in [6, 6.07) is 2.49. The lowest BCUT2D eigenvalue weighted by Crippen LogP contribution is -2.35. The third kappa shape index (κ3) is 4.60. The molecule has 166 valence electrons. The highest BCUT2D eigenvalue weighted by molar-refractivity contribution is 7.91. The van der Waals surface area contributed by atoms with E-state index < -0.39 is 38.8 Å². The Bertz CT molecular complexity index is 942. The molecule has 1 amide bonds. The van der Waals surface area contributed by atoms with Crippen molar-refractivity contribution < 1.29 is 31.1 Å². The highest BCUT2D eigenvalue weighted by Gasteiger charge is 2.42. The van der Waals surface area contributed by atoms with E-state index in [0.29, 0.717) is 37.0 Å². The molecule has 3 fully saturated rings. The second-order valence-corrected chi connectivity index (χ2v) is 10.9. The van der Waals surface area contributed by atoms with Crippen molar-refractivity contribution in [2.75, 3.05) is 6.61 Å². The van der Waals surface area contributed by atoms with Crippen molar-refractivity contribution in [1.82, 2.24) is 4.72 Å². The zero-order chi connectivity index (χ0) is 21.7. The predicted molar refractivity (Wildman–Crippen MR) is 105 cm³/mol. The lowest BCUT2D eigenvalue weighted by atomic mass is 9.80. The van der Waals surface area contributed by atoms with Gasteiger partial charge in [-0.3, -0.25) is 4.79 Å². The van der Waals surface area contributed by atoms with Crippen LogP contribution in [0.15, 0.2) is 12.1 Å². The number of benzene rings is 1. The SMILES string of the molecule is CC1CC(COc2cc(F)c(C(=O)NS(=O)(=O)C3CC3)cc2C2CC2)CCC1(F)F. The molecule has 3 aliphatic carbocycles. The van der Waals surface area contributed by atoms with Crippen molar-refractivity contribution in [3.05, 3.63) is 29.1 Å². The molecule has 1 aromatic carbocycles. The number of alkyl halides is 2. The van der Waals surface area contributed by atoms with Crippen molar-refractivity contribution in [2.45, 2.75) is 69.0 Å². The summed E-state index contributed by atoms with van der Waals surface area (Å²) in [5.41, 5.74) is 0.346. The van der Waals surface area contributed by atoms with Crippen molar-refractivity contribution in [3.8, 4) is 5.75 Å². The number of nitrogens with one attached hydrogen (secondary N) is 1. The minimum absolute atomic E-state index is 0.0404. The molecular weight excluding hydrogens is 419 g/mol. The van der Waals surface area contributed by atoms with Crippen LogP contribution in [0.1, 0.15) is 73.7 Å². The molecule has 0 bridgehead atoms. The van der Waals surface area contributed by atoms with Gasteiger partial charge < -0.3 is 4.74 Å². The first-order valence-corrected chi connectivity index (χ1v) is 12.0. The molecule has 0 saturated heterocycles. The summed E-state index contributed by atoms with van der Waals surface area (Å²) in [4.78, 5) is 12.4. The summed E-state index contributed by atoms with van der Waals surface area (Å²) >= 11 is 0. The lowest BCUT2D eigenvalue weighted by Gasteiger charge is -2.33. The van der Waals surface area contributed by atoms with Crippen molar-refractivity contribution >= 4 is 15.9 Å². The molecule has 0 heterocycles. The van der Waals surface area contributed by atoms with Gasteiger partial charge in [0.2, 0.25) is 10.0 Å².